The van der Waals surface area contributed by atoms with E-state index in [1.165, 1.54) is 14.7 Å². The van der Waals surface area contributed by atoms with Gasteiger partial charge in [0.05, 0.1) is 6.54 Å². The second kappa shape index (κ2) is 5.71. The van der Waals surface area contributed by atoms with Crippen LogP contribution in [0.25, 0.3) is 0 Å². The van der Waals surface area contributed by atoms with E-state index in [1.807, 2.05) is 11.9 Å². The van der Waals surface area contributed by atoms with Gasteiger partial charge in [-0.3, -0.25) is 14.6 Å². The van der Waals surface area contributed by atoms with Crippen molar-refractivity contribution in [1.29, 1.82) is 0 Å². The normalized spacial score (nSPS) is 16.8. The monoisotopic (exact) mass is 281 g/mol. The van der Waals surface area contributed by atoms with E-state index in [1.54, 1.807) is 11.3 Å². The van der Waals surface area contributed by atoms with Crippen LogP contribution >= 0.6 is 11.3 Å². The quantitative estimate of drug-likeness (QED) is 0.912. The zero-order chi connectivity index (χ0) is 14.0. The van der Waals surface area contributed by atoms with E-state index in [0.717, 1.165) is 0 Å². The molecule has 1 aromatic heterocycles. The van der Waals surface area contributed by atoms with E-state index in [9.17, 15) is 9.59 Å². The van der Waals surface area contributed by atoms with Crippen LogP contribution in [0.2, 0.25) is 0 Å². The molecule has 2 rings (SSSR count). The Hall–Kier alpha value is -1.40. The summed E-state index contributed by atoms with van der Waals surface area (Å²) in [5.74, 6) is -0.141. The standard InChI is InChI=1S/C13H19N3O2S/c1-9-4-5-11(19-9)10(2)15(3)8-12(17)16-7-6-14-13(16)18/h4-5,10H,6-8H2,1-3H3,(H,14,18)/t10-/m0/s1. The molecule has 0 radical (unpaired) electrons. The van der Waals surface area contributed by atoms with Crippen LogP contribution in [-0.2, 0) is 4.79 Å². The molecule has 104 valence electrons. The van der Waals surface area contributed by atoms with Crippen molar-refractivity contribution in [2.45, 2.75) is 19.9 Å². The van der Waals surface area contributed by atoms with Crippen LogP contribution in [0.4, 0.5) is 4.79 Å². The van der Waals surface area contributed by atoms with Crippen molar-refractivity contribution in [1.82, 2.24) is 15.1 Å². The predicted octanol–water partition coefficient (Wildman–Crippen LogP) is 1.60. The molecule has 6 heteroatoms. The van der Waals surface area contributed by atoms with Crippen LogP contribution in [0.3, 0.4) is 0 Å². The molecule has 1 aromatic rings. The zero-order valence-corrected chi connectivity index (χ0v) is 12.3. The Morgan fingerprint density at radius 2 is 2.32 bits per heavy atom. The van der Waals surface area contributed by atoms with E-state index in [4.69, 9.17) is 0 Å². The van der Waals surface area contributed by atoms with Gasteiger partial charge >= 0.3 is 6.03 Å². The van der Waals surface area contributed by atoms with Gasteiger partial charge in [-0.05, 0) is 33.0 Å². The first-order valence-corrected chi connectivity index (χ1v) is 7.15. The van der Waals surface area contributed by atoms with E-state index < -0.39 is 0 Å². The molecule has 0 aliphatic carbocycles. The van der Waals surface area contributed by atoms with Crippen LogP contribution in [0.1, 0.15) is 22.7 Å². The maximum Gasteiger partial charge on any atom is 0.324 e. The number of urea groups is 1. The molecule has 0 saturated carbocycles. The third kappa shape index (κ3) is 3.13. The number of amides is 3. The number of aryl methyl sites for hydroxylation is 1. The summed E-state index contributed by atoms with van der Waals surface area (Å²) in [5.41, 5.74) is 0. The lowest BCUT2D eigenvalue weighted by Gasteiger charge is -2.24. The zero-order valence-electron chi connectivity index (χ0n) is 11.5. The van der Waals surface area contributed by atoms with Gasteiger partial charge in [0, 0.05) is 28.9 Å². The van der Waals surface area contributed by atoms with Crippen LogP contribution in [0.5, 0.6) is 0 Å². The molecule has 1 aliphatic rings. The number of thiophene rings is 1. The van der Waals surface area contributed by atoms with Gasteiger partial charge in [0.1, 0.15) is 0 Å². The molecule has 1 N–H and O–H groups in total. The number of likely N-dealkylation sites (N-methyl/N-ethyl adjacent to an activating group) is 1. The van der Waals surface area contributed by atoms with Crippen LogP contribution in [0, 0.1) is 6.92 Å². The van der Waals surface area contributed by atoms with Crippen molar-refractivity contribution in [2.75, 3.05) is 26.7 Å². The third-order valence-electron chi connectivity index (χ3n) is 3.38. The number of carbonyl (C=O) groups excluding carboxylic acids is 2. The number of hydrogen-bond donors (Lipinski definition) is 1. The molecule has 1 atom stereocenters. The largest absolute Gasteiger partial charge is 0.336 e. The van der Waals surface area contributed by atoms with E-state index in [0.29, 0.717) is 13.1 Å². The van der Waals surface area contributed by atoms with Gasteiger partial charge in [-0.25, -0.2) is 4.79 Å². The first-order valence-electron chi connectivity index (χ1n) is 6.34. The first-order chi connectivity index (χ1) is 8.99. The first kappa shape index (κ1) is 14.0. The average Bonchev–Trinajstić information content (AvgIpc) is 2.96. The second-order valence-electron chi connectivity index (χ2n) is 4.82. The van der Waals surface area contributed by atoms with Crippen LogP contribution in [0.15, 0.2) is 12.1 Å². The fourth-order valence-electron chi connectivity index (χ4n) is 2.04. The Morgan fingerprint density at radius 1 is 1.58 bits per heavy atom. The molecular formula is C13H19N3O2S. The van der Waals surface area contributed by atoms with Crippen LogP contribution in [-0.4, -0.2) is 48.4 Å². The molecular weight excluding hydrogens is 262 g/mol. The van der Waals surface area contributed by atoms with Gasteiger partial charge in [-0.1, -0.05) is 0 Å². The minimum atomic E-state index is -0.280. The summed E-state index contributed by atoms with van der Waals surface area (Å²) < 4.78 is 0. The molecule has 0 spiro atoms. The summed E-state index contributed by atoms with van der Waals surface area (Å²) >= 11 is 1.74. The molecule has 3 amide bonds. The number of nitrogens with zero attached hydrogens (tertiary/aromatic N) is 2. The summed E-state index contributed by atoms with van der Waals surface area (Å²) in [6.45, 7) is 5.42. The molecule has 0 unspecified atom stereocenters. The minimum Gasteiger partial charge on any atom is -0.336 e. The van der Waals surface area contributed by atoms with E-state index in [-0.39, 0.29) is 24.5 Å². The third-order valence-corrected chi connectivity index (χ3v) is 4.55. The van der Waals surface area contributed by atoms with Crippen molar-refractivity contribution in [3.05, 3.63) is 21.9 Å². The maximum atomic E-state index is 12.0. The lowest BCUT2D eigenvalue weighted by atomic mass is 10.2. The second-order valence-corrected chi connectivity index (χ2v) is 6.14. The Kier molecular flexibility index (Phi) is 4.21. The number of carbonyl (C=O) groups is 2. The van der Waals surface area contributed by atoms with Gasteiger partial charge in [-0.15, -0.1) is 11.3 Å². The summed E-state index contributed by atoms with van der Waals surface area (Å²) in [6, 6.07) is 4.07. The Labute approximate surface area is 117 Å². The highest BCUT2D eigenvalue weighted by atomic mass is 32.1. The molecule has 2 heterocycles. The average molecular weight is 281 g/mol. The summed E-state index contributed by atoms with van der Waals surface area (Å²) in [6.07, 6.45) is 0. The summed E-state index contributed by atoms with van der Waals surface area (Å²) in [4.78, 5) is 29.2. The molecule has 1 fully saturated rings. The fourth-order valence-corrected chi connectivity index (χ4v) is 3.03. The SMILES string of the molecule is Cc1ccc([C@H](C)N(C)CC(=O)N2CCNC2=O)s1. The van der Waals surface area contributed by atoms with Crippen molar-refractivity contribution < 1.29 is 9.59 Å². The molecule has 0 aromatic carbocycles. The Morgan fingerprint density at radius 3 is 2.84 bits per heavy atom. The molecule has 1 aliphatic heterocycles. The Bertz CT molecular complexity index is 486. The van der Waals surface area contributed by atoms with Gasteiger partial charge in [0.2, 0.25) is 5.91 Å². The Balaban J connectivity index is 1.95. The van der Waals surface area contributed by atoms with Gasteiger partial charge in [0.25, 0.3) is 0 Å². The smallest absolute Gasteiger partial charge is 0.324 e. The van der Waals surface area contributed by atoms with Crippen molar-refractivity contribution in [3.8, 4) is 0 Å². The molecule has 1 saturated heterocycles. The van der Waals surface area contributed by atoms with E-state index in [2.05, 4.69) is 31.3 Å². The lowest BCUT2D eigenvalue weighted by Crippen LogP contribution is -2.41. The molecule has 5 nitrogen and oxygen atoms in total. The number of nitrogens with one attached hydrogen (secondary N) is 1. The highest BCUT2D eigenvalue weighted by Crippen LogP contribution is 2.26. The van der Waals surface area contributed by atoms with Crippen molar-refractivity contribution >= 4 is 23.3 Å². The van der Waals surface area contributed by atoms with Gasteiger partial charge in [-0.2, -0.15) is 0 Å². The topological polar surface area (TPSA) is 52.7 Å². The molecule has 0 bridgehead atoms. The lowest BCUT2D eigenvalue weighted by molar-refractivity contribution is -0.128. The minimum absolute atomic E-state index is 0.141. The van der Waals surface area contributed by atoms with E-state index >= 15 is 0 Å². The van der Waals surface area contributed by atoms with Crippen molar-refractivity contribution in [3.63, 3.8) is 0 Å². The number of rotatable bonds is 4. The van der Waals surface area contributed by atoms with Gasteiger partial charge in [0.15, 0.2) is 0 Å². The number of imide groups is 1. The summed E-state index contributed by atoms with van der Waals surface area (Å²) in [5, 5.41) is 2.64. The number of hydrogen-bond acceptors (Lipinski definition) is 4. The fraction of sp³-hybridized carbons (Fsp3) is 0.538. The molecule has 19 heavy (non-hydrogen) atoms. The maximum absolute atomic E-state index is 12.0. The van der Waals surface area contributed by atoms with Gasteiger partial charge < -0.3 is 5.32 Å². The summed E-state index contributed by atoms with van der Waals surface area (Å²) in [7, 11) is 1.91. The highest BCUT2D eigenvalue weighted by molar-refractivity contribution is 7.12. The predicted molar refractivity (Wildman–Crippen MR) is 75.2 cm³/mol. The van der Waals surface area contributed by atoms with Crippen molar-refractivity contribution in [2.24, 2.45) is 0 Å². The highest BCUT2D eigenvalue weighted by Gasteiger charge is 2.27. The van der Waals surface area contributed by atoms with Crippen LogP contribution < -0.4 is 5.32 Å².